The number of halogens is 4. The number of alkyl halides is 3. The van der Waals surface area contributed by atoms with Gasteiger partial charge in [-0.2, -0.15) is 21.6 Å². The lowest BCUT2D eigenvalue weighted by Crippen LogP contribution is -2.36. The van der Waals surface area contributed by atoms with Crippen LogP contribution in [0.25, 0.3) is 0 Å². The van der Waals surface area contributed by atoms with Crippen LogP contribution < -0.4 is 14.4 Å². The first-order valence-corrected chi connectivity index (χ1v) is 11.9. The SMILES string of the molecule is COc1cccc(F)c1OC(=O)C1c2ccccc2N(CC(=O)OS(=O)(=O)C(F)(F)F)c2ccccc21. The fourth-order valence-electron chi connectivity index (χ4n) is 3.91. The number of nitrogens with zero attached hydrogens (tertiary/aromatic N) is 1. The number of carbonyl (C=O) groups excluding carboxylic acids is 2. The van der Waals surface area contributed by atoms with Crippen molar-refractivity contribution in [2.24, 2.45) is 0 Å². The summed E-state index contributed by atoms with van der Waals surface area (Å²) < 4.78 is 89.3. The van der Waals surface area contributed by atoms with E-state index in [0.717, 1.165) is 6.07 Å². The maximum atomic E-state index is 14.4. The van der Waals surface area contributed by atoms with Gasteiger partial charge in [-0.05, 0) is 35.4 Å². The van der Waals surface area contributed by atoms with Crippen LogP contribution in [0.2, 0.25) is 0 Å². The molecule has 0 N–H and O–H groups in total. The lowest BCUT2D eigenvalue weighted by atomic mass is 9.85. The molecule has 0 saturated heterocycles. The van der Waals surface area contributed by atoms with Crippen LogP contribution >= 0.6 is 0 Å². The zero-order chi connectivity index (χ0) is 27.0. The molecule has 1 aliphatic heterocycles. The van der Waals surface area contributed by atoms with E-state index in [1.807, 2.05) is 0 Å². The van der Waals surface area contributed by atoms with Gasteiger partial charge in [0.2, 0.25) is 5.75 Å². The number of ether oxygens (including phenoxy) is 2. The van der Waals surface area contributed by atoms with E-state index in [1.165, 1.54) is 48.4 Å². The van der Waals surface area contributed by atoms with Crippen molar-refractivity contribution < 1.29 is 49.2 Å². The zero-order valence-corrected chi connectivity index (χ0v) is 19.7. The lowest BCUT2D eigenvalue weighted by Gasteiger charge is -2.36. The third-order valence-electron chi connectivity index (χ3n) is 5.44. The second kappa shape index (κ2) is 9.73. The van der Waals surface area contributed by atoms with Crippen LogP contribution in [0.1, 0.15) is 17.0 Å². The van der Waals surface area contributed by atoms with Crippen molar-refractivity contribution in [3.8, 4) is 11.5 Å². The van der Waals surface area contributed by atoms with Gasteiger partial charge in [-0.25, -0.2) is 9.18 Å². The second-order valence-electron chi connectivity index (χ2n) is 7.68. The number of esters is 1. The summed E-state index contributed by atoms with van der Waals surface area (Å²) >= 11 is 0. The van der Waals surface area contributed by atoms with Crippen molar-refractivity contribution in [1.29, 1.82) is 0 Å². The molecule has 0 fully saturated rings. The van der Waals surface area contributed by atoms with E-state index in [0.29, 0.717) is 0 Å². The van der Waals surface area contributed by atoms with E-state index in [9.17, 15) is 35.6 Å². The van der Waals surface area contributed by atoms with Gasteiger partial charge in [-0.3, -0.25) is 4.79 Å². The Bertz CT molecular complexity index is 1430. The van der Waals surface area contributed by atoms with Crippen molar-refractivity contribution in [3.05, 3.63) is 83.7 Å². The molecule has 3 aromatic carbocycles. The Morgan fingerprint density at radius 1 is 0.919 bits per heavy atom. The summed E-state index contributed by atoms with van der Waals surface area (Å²) in [6.07, 6.45) is 0. The molecule has 3 aromatic rings. The molecule has 0 unspecified atom stereocenters. The average molecular weight is 539 g/mol. The van der Waals surface area contributed by atoms with Crippen molar-refractivity contribution in [3.63, 3.8) is 0 Å². The molecule has 0 amide bonds. The van der Waals surface area contributed by atoms with Crippen LogP contribution in [-0.2, 0) is 23.9 Å². The van der Waals surface area contributed by atoms with Gasteiger partial charge in [0.1, 0.15) is 12.5 Å². The molecule has 37 heavy (non-hydrogen) atoms. The molecule has 0 bridgehead atoms. The van der Waals surface area contributed by atoms with Gasteiger partial charge in [-0.1, -0.05) is 42.5 Å². The van der Waals surface area contributed by atoms with E-state index >= 15 is 0 Å². The van der Waals surface area contributed by atoms with Gasteiger partial charge in [0.15, 0.2) is 11.6 Å². The molecule has 4 rings (SSSR count). The molecule has 194 valence electrons. The summed E-state index contributed by atoms with van der Waals surface area (Å²) in [6, 6.07) is 16.0. The maximum absolute atomic E-state index is 14.4. The first-order valence-electron chi connectivity index (χ1n) is 10.5. The number of hydrogen-bond donors (Lipinski definition) is 0. The highest BCUT2D eigenvalue weighted by Gasteiger charge is 2.50. The summed E-state index contributed by atoms with van der Waals surface area (Å²) in [4.78, 5) is 26.9. The molecular formula is C24H17F4NO7S. The summed E-state index contributed by atoms with van der Waals surface area (Å²) in [6.45, 7) is -0.924. The van der Waals surface area contributed by atoms with E-state index in [2.05, 4.69) is 4.18 Å². The first-order chi connectivity index (χ1) is 17.4. The zero-order valence-electron chi connectivity index (χ0n) is 18.9. The quantitative estimate of drug-likeness (QED) is 0.149. The maximum Gasteiger partial charge on any atom is 0.534 e. The Morgan fingerprint density at radius 2 is 1.49 bits per heavy atom. The number of rotatable bonds is 6. The molecule has 0 saturated carbocycles. The van der Waals surface area contributed by atoms with Crippen LogP contribution in [0.3, 0.4) is 0 Å². The van der Waals surface area contributed by atoms with Crippen molar-refractivity contribution in [2.75, 3.05) is 18.6 Å². The molecule has 0 aliphatic carbocycles. The summed E-state index contributed by atoms with van der Waals surface area (Å²) in [5, 5.41) is 0. The molecule has 0 spiro atoms. The largest absolute Gasteiger partial charge is 0.534 e. The first kappa shape index (κ1) is 25.9. The normalized spacial score (nSPS) is 13.4. The van der Waals surface area contributed by atoms with Crippen LogP contribution in [-0.4, -0.2) is 39.5 Å². The number of carbonyl (C=O) groups is 2. The van der Waals surface area contributed by atoms with Crippen molar-refractivity contribution in [1.82, 2.24) is 0 Å². The topological polar surface area (TPSA) is 99.2 Å². The van der Waals surface area contributed by atoms with Gasteiger partial charge in [0.05, 0.1) is 7.11 Å². The lowest BCUT2D eigenvalue weighted by molar-refractivity contribution is -0.135. The fourth-order valence-corrected chi connectivity index (χ4v) is 4.30. The minimum Gasteiger partial charge on any atom is -0.493 e. The van der Waals surface area contributed by atoms with Gasteiger partial charge in [-0.15, -0.1) is 0 Å². The van der Waals surface area contributed by atoms with E-state index in [-0.39, 0.29) is 28.3 Å². The Morgan fingerprint density at radius 3 is 2.03 bits per heavy atom. The van der Waals surface area contributed by atoms with Crippen LogP contribution in [0, 0.1) is 5.82 Å². The standard InChI is InChI=1S/C24H17F4NO7S/c1-34-19-12-6-9-16(25)22(19)35-23(31)21-14-7-2-4-10-17(14)29(18-11-5-3-8-15(18)21)13-20(30)36-37(32,33)24(26,27)28/h2-12,21H,13H2,1H3. The summed E-state index contributed by atoms with van der Waals surface area (Å²) in [7, 11) is -4.90. The van der Waals surface area contributed by atoms with E-state index in [4.69, 9.17) is 9.47 Å². The molecular weight excluding hydrogens is 522 g/mol. The Kier molecular flexibility index (Phi) is 6.82. The predicted octanol–water partition coefficient (Wildman–Crippen LogP) is 4.42. The van der Waals surface area contributed by atoms with E-state index in [1.54, 1.807) is 24.3 Å². The smallest absolute Gasteiger partial charge is 0.493 e. The molecule has 1 aliphatic rings. The molecule has 0 radical (unpaired) electrons. The number of benzene rings is 3. The number of hydrogen-bond acceptors (Lipinski definition) is 8. The van der Waals surface area contributed by atoms with Crippen LogP contribution in [0.15, 0.2) is 66.7 Å². The van der Waals surface area contributed by atoms with Crippen LogP contribution in [0.4, 0.5) is 28.9 Å². The highest BCUT2D eigenvalue weighted by molar-refractivity contribution is 7.88. The van der Waals surface area contributed by atoms with Crippen molar-refractivity contribution >= 4 is 33.4 Å². The van der Waals surface area contributed by atoms with Gasteiger partial charge < -0.3 is 18.6 Å². The van der Waals surface area contributed by atoms with Crippen LogP contribution in [0.5, 0.6) is 11.5 Å². The predicted molar refractivity (Wildman–Crippen MR) is 121 cm³/mol. The summed E-state index contributed by atoms with van der Waals surface area (Å²) in [5.74, 6) is -5.04. The molecule has 8 nitrogen and oxygen atoms in total. The molecule has 1 heterocycles. The number of anilines is 2. The Hall–Kier alpha value is -4.13. The number of para-hydroxylation sites is 3. The van der Waals surface area contributed by atoms with Crippen molar-refractivity contribution in [2.45, 2.75) is 11.4 Å². The highest BCUT2D eigenvalue weighted by atomic mass is 32.2. The molecule has 0 aromatic heterocycles. The molecule has 0 atom stereocenters. The Balaban J connectivity index is 1.73. The number of methoxy groups -OCH3 is 1. The molecule has 13 heteroatoms. The minimum atomic E-state index is -6.17. The average Bonchev–Trinajstić information content (AvgIpc) is 2.84. The van der Waals surface area contributed by atoms with Gasteiger partial charge in [0, 0.05) is 11.4 Å². The number of fused-ring (bicyclic) bond motifs is 2. The third-order valence-corrected chi connectivity index (χ3v) is 6.41. The van der Waals surface area contributed by atoms with E-state index < -0.39 is 51.6 Å². The second-order valence-corrected chi connectivity index (χ2v) is 9.22. The minimum absolute atomic E-state index is 0.0269. The third kappa shape index (κ3) is 4.94. The summed E-state index contributed by atoms with van der Waals surface area (Å²) in [5.41, 5.74) is -4.85. The highest BCUT2D eigenvalue weighted by Crippen LogP contribution is 2.46. The van der Waals surface area contributed by atoms with Gasteiger partial charge in [0.25, 0.3) is 0 Å². The monoisotopic (exact) mass is 539 g/mol. The van der Waals surface area contributed by atoms with Gasteiger partial charge >= 0.3 is 27.6 Å². The fraction of sp³-hybridized carbons (Fsp3) is 0.167. The Labute approximate surface area is 208 Å².